The van der Waals surface area contributed by atoms with Crippen LogP contribution in [0.25, 0.3) is 0 Å². The van der Waals surface area contributed by atoms with Gasteiger partial charge >= 0.3 is 17.8 Å². The zero-order valence-corrected chi connectivity index (χ0v) is 16.7. The van der Waals surface area contributed by atoms with E-state index in [0.717, 1.165) is 24.2 Å². The van der Waals surface area contributed by atoms with Crippen molar-refractivity contribution in [1.29, 1.82) is 0 Å². The van der Waals surface area contributed by atoms with Crippen molar-refractivity contribution in [2.45, 2.75) is 38.6 Å². The Kier molecular flexibility index (Phi) is 5.05. The minimum absolute atomic E-state index is 0.210. The van der Waals surface area contributed by atoms with E-state index in [-0.39, 0.29) is 17.5 Å². The standard InChI is InChI=1S/C21H24N4O5/c1-11(16-9-12-2-3-14(16)8-12)25-20(29)19(28)24(21(25)30)10-17(26)23-15-6-4-13(5-7-15)18(22)27/h4-7,11-12,14,16H,2-3,8-10H2,1H3,(H2,22,27)(H,23,26)/t11-,12-,14-,16-/m0/s1. The van der Waals surface area contributed by atoms with Crippen molar-refractivity contribution in [3.63, 3.8) is 0 Å². The zero-order valence-electron chi connectivity index (χ0n) is 16.7. The normalized spacial score (nSPS) is 26.4. The molecular formula is C21H24N4O5. The van der Waals surface area contributed by atoms with Crippen LogP contribution in [-0.4, -0.2) is 52.0 Å². The number of anilines is 1. The second kappa shape index (κ2) is 7.55. The van der Waals surface area contributed by atoms with E-state index in [1.54, 1.807) is 0 Å². The topological polar surface area (TPSA) is 130 Å². The van der Waals surface area contributed by atoms with Crippen molar-refractivity contribution in [2.75, 3.05) is 11.9 Å². The van der Waals surface area contributed by atoms with Crippen molar-refractivity contribution in [3.05, 3.63) is 29.8 Å². The van der Waals surface area contributed by atoms with Gasteiger partial charge in [0.1, 0.15) is 6.54 Å². The summed E-state index contributed by atoms with van der Waals surface area (Å²) in [5.41, 5.74) is 5.84. The van der Waals surface area contributed by atoms with Gasteiger partial charge in [0.2, 0.25) is 11.8 Å². The molecule has 2 aliphatic carbocycles. The van der Waals surface area contributed by atoms with E-state index in [1.165, 1.54) is 30.7 Å². The van der Waals surface area contributed by atoms with Crippen molar-refractivity contribution >= 4 is 35.3 Å². The Morgan fingerprint density at radius 3 is 2.37 bits per heavy atom. The minimum Gasteiger partial charge on any atom is -0.366 e. The number of hydrogen-bond donors (Lipinski definition) is 2. The zero-order chi connectivity index (χ0) is 21.6. The molecule has 1 heterocycles. The quantitative estimate of drug-likeness (QED) is 0.538. The molecule has 4 atom stereocenters. The summed E-state index contributed by atoms with van der Waals surface area (Å²) >= 11 is 0. The monoisotopic (exact) mass is 412 g/mol. The van der Waals surface area contributed by atoms with E-state index in [1.807, 2.05) is 6.92 Å². The Balaban J connectivity index is 1.41. The molecule has 30 heavy (non-hydrogen) atoms. The van der Waals surface area contributed by atoms with Crippen LogP contribution >= 0.6 is 0 Å². The molecule has 0 radical (unpaired) electrons. The number of fused-ring (bicyclic) bond motifs is 2. The third-order valence-corrected chi connectivity index (χ3v) is 6.66. The van der Waals surface area contributed by atoms with Crippen molar-refractivity contribution < 1.29 is 24.0 Å². The molecule has 158 valence electrons. The lowest BCUT2D eigenvalue weighted by molar-refractivity contribution is -0.144. The van der Waals surface area contributed by atoms with Crippen LogP contribution in [-0.2, 0) is 14.4 Å². The Hall–Kier alpha value is -3.23. The summed E-state index contributed by atoms with van der Waals surface area (Å²) in [5, 5.41) is 2.55. The molecule has 1 aliphatic heterocycles. The average Bonchev–Trinajstić information content (AvgIpc) is 3.39. The van der Waals surface area contributed by atoms with Crippen LogP contribution in [0, 0.1) is 17.8 Å². The molecule has 0 unspecified atom stereocenters. The van der Waals surface area contributed by atoms with Gasteiger partial charge in [-0.05, 0) is 68.2 Å². The molecule has 9 nitrogen and oxygen atoms in total. The smallest absolute Gasteiger partial charge is 0.334 e. The summed E-state index contributed by atoms with van der Waals surface area (Å²) in [6.07, 6.45) is 4.39. The second-order valence-electron chi connectivity index (χ2n) is 8.42. The lowest BCUT2D eigenvalue weighted by atomic mass is 9.83. The van der Waals surface area contributed by atoms with Crippen molar-refractivity contribution in [3.8, 4) is 0 Å². The van der Waals surface area contributed by atoms with E-state index >= 15 is 0 Å². The molecule has 0 aromatic heterocycles. The third kappa shape index (κ3) is 3.44. The number of rotatable bonds is 6. The summed E-state index contributed by atoms with van der Waals surface area (Å²) in [5.74, 6) is -1.71. The number of primary amides is 1. The van der Waals surface area contributed by atoms with Crippen LogP contribution in [0.5, 0.6) is 0 Å². The highest BCUT2D eigenvalue weighted by Crippen LogP contribution is 2.50. The summed E-state index contributed by atoms with van der Waals surface area (Å²) in [6.45, 7) is 1.26. The first-order valence-electron chi connectivity index (χ1n) is 10.1. The van der Waals surface area contributed by atoms with Crippen LogP contribution in [0.4, 0.5) is 10.5 Å². The summed E-state index contributed by atoms with van der Waals surface area (Å²) in [4.78, 5) is 62.9. The van der Waals surface area contributed by atoms with Crippen molar-refractivity contribution in [2.24, 2.45) is 23.5 Å². The molecule has 3 fully saturated rings. The van der Waals surface area contributed by atoms with Crippen LogP contribution in [0.2, 0.25) is 0 Å². The minimum atomic E-state index is -0.978. The van der Waals surface area contributed by atoms with Crippen molar-refractivity contribution in [1.82, 2.24) is 9.80 Å². The maximum Gasteiger partial charge on any atom is 0.334 e. The maximum absolute atomic E-state index is 12.8. The maximum atomic E-state index is 12.8. The van der Waals surface area contributed by atoms with Gasteiger partial charge in [-0.15, -0.1) is 0 Å². The number of imide groups is 2. The lowest BCUT2D eigenvalue weighted by Crippen LogP contribution is -2.45. The largest absolute Gasteiger partial charge is 0.366 e. The van der Waals surface area contributed by atoms with Gasteiger partial charge in [0.05, 0.1) is 0 Å². The van der Waals surface area contributed by atoms with Crippen LogP contribution in [0.1, 0.15) is 43.0 Å². The number of nitrogens with one attached hydrogen (secondary N) is 1. The highest BCUT2D eigenvalue weighted by molar-refractivity contribution is 6.45. The van der Waals surface area contributed by atoms with E-state index in [4.69, 9.17) is 5.73 Å². The second-order valence-corrected chi connectivity index (χ2v) is 8.42. The van der Waals surface area contributed by atoms with E-state index in [2.05, 4.69) is 5.32 Å². The van der Waals surface area contributed by atoms with Gasteiger partial charge in [0.25, 0.3) is 0 Å². The van der Waals surface area contributed by atoms with E-state index in [9.17, 15) is 24.0 Å². The van der Waals surface area contributed by atoms with Crippen LogP contribution in [0.3, 0.4) is 0 Å². The van der Waals surface area contributed by atoms with Gasteiger partial charge < -0.3 is 11.1 Å². The molecule has 2 bridgehead atoms. The third-order valence-electron chi connectivity index (χ3n) is 6.66. The number of carbonyl (C=O) groups excluding carboxylic acids is 5. The number of amides is 6. The van der Waals surface area contributed by atoms with E-state index in [0.29, 0.717) is 22.4 Å². The highest BCUT2D eigenvalue weighted by atomic mass is 16.2. The predicted molar refractivity (Wildman–Crippen MR) is 106 cm³/mol. The van der Waals surface area contributed by atoms with E-state index < -0.39 is 36.2 Å². The fourth-order valence-corrected chi connectivity index (χ4v) is 5.16. The summed E-state index contributed by atoms with van der Waals surface area (Å²) in [7, 11) is 0. The molecule has 1 aromatic carbocycles. The molecule has 2 saturated carbocycles. The molecule has 3 N–H and O–H groups in total. The molecule has 1 saturated heterocycles. The average molecular weight is 412 g/mol. The number of nitrogens with zero attached hydrogens (tertiary/aromatic N) is 2. The number of benzene rings is 1. The number of hydrogen-bond acceptors (Lipinski definition) is 5. The Morgan fingerprint density at radius 2 is 1.80 bits per heavy atom. The van der Waals surface area contributed by atoms with Gasteiger partial charge in [-0.25, -0.2) is 9.69 Å². The fourth-order valence-electron chi connectivity index (χ4n) is 5.16. The first-order chi connectivity index (χ1) is 14.3. The van der Waals surface area contributed by atoms with Gasteiger partial charge in [0, 0.05) is 17.3 Å². The first-order valence-corrected chi connectivity index (χ1v) is 10.1. The number of urea groups is 1. The Labute approximate surface area is 173 Å². The molecule has 1 aromatic rings. The lowest BCUT2D eigenvalue weighted by Gasteiger charge is -2.32. The predicted octanol–water partition coefficient (Wildman–Crippen LogP) is 1.34. The van der Waals surface area contributed by atoms with Gasteiger partial charge in [0.15, 0.2) is 0 Å². The summed E-state index contributed by atoms with van der Waals surface area (Å²) in [6, 6.07) is 4.78. The Bertz CT molecular complexity index is 928. The molecule has 3 aliphatic rings. The van der Waals surface area contributed by atoms with Crippen LogP contribution in [0.15, 0.2) is 24.3 Å². The number of carbonyl (C=O) groups is 5. The highest BCUT2D eigenvalue weighted by Gasteiger charge is 2.52. The molecule has 4 rings (SSSR count). The molecule has 6 amide bonds. The molecule has 9 heteroatoms. The molecular weight excluding hydrogens is 388 g/mol. The fraction of sp³-hybridized carbons (Fsp3) is 0.476. The number of nitrogens with two attached hydrogens (primary N) is 1. The van der Waals surface area contributed by atoms with Crippen LogP contribution < -0.4 is 11.1 Å². The Morgan fingerprint density at radius 1 is 1.10 bits per heavy atom. The molecule has 0 spiro atoms. The van der Waals surface area contributed by atoms with Gasteiger partial charge in [-0.3, -0.25) is 24.1 Å². The van der Waals surface area contributed by atoms with Gasteiger partial charge in [-0.2, -0.15) is 0 Å². The first kappa shape index (κ1) is 20.1. The van der Waals surface area contributed by atoms with Gasteiger partial charge in [-0.1, -0.05) is 6.42 Å². The SMILES string of the molecule is C[C@@H]([C@@H]1C[C@H]2CC[C@H]1C2)N1C(=O)C(=O)N(CC(=O)Nc2ccc(C(N)=O)cc2)C1=O. The summed E-state index contributed by atoms with van der Waals surface area (Å²) < 4.78 is 0.